The van der Waals surface area contributed by atoms with Gasteiger partial charge in [-0.3, -0.25) is 14.6 Å². The van der Waals surface area contributed by atoms with E-state index in [-0.39, 0.29) is 17.9 Å². The van der Waals surface area contributed by atoms with Crippen molar-refractivity contribution in [3.05, 3.63) is 42.2 Å². The van der Waals surface area contributed by atoms with Crippen LogP contribution in [0.4, 0.5) is 5.69 Å². The monoisotopic (exact) mass is 391 g/mol. The van der Waals surface area contributed by atoms with E-state index in [1.165, 1.54) is 5.56 Å². The highest BCUT2D eigenvalue weighted by molar-refractivity contribution is 5.96. The van der Waals surface area contributed by atoms with Crippen molar-refractivity contribution in [3.8, 4) is 16.9 Å². The molecule has 5 rings (SSSR count). The first-order chi connectivity index (χ1) is 14.1. The van der Waals surface area contributed by atoms with Crippen LogP contribution in [0.2, 0.25) is 0 Å². The largest absolute Gasteiger partial charge is 0.490 e. The summed E-state index contributed by atoms with van der Waals surface area (Å²) in [6.07, 6.45) is 7.95. The number of likely N-dealkylation sites (tertiary alicyclic amines) is 1. The Balaban J connectivity index is 1.28. The van der Waals surface area contributed by atoms with Crippen molar-refractivity contribution in [2.45, 2.75) is 38.1 Å². The van der Waals surface area contributed by atoms with Crippen LogP contribution >= 0.6 is 0 Å². The van der Waals surface area contributed by atoms with Crippen LogP contribution in [-0.4, -0.2) is 47.9 Å². The minimum atomic E-state index is 0.160. The van der Waals surface area contributed by atoms with E-state index in [4.69, 9.17) is 4.74 Å². The topological polar surface area (TPSA) is 62.7 Å². The molecule has 1 aromatic carbocycles. The Morgan fingerprint density at radius 1 is 1.14 bits per heavy atom. The number of pyridine rings is 1. The number of fused-ring (bicyclic) bond motifs is 1. The Kier molecular flexibility index (Phi) is 4.49. The zero-order valence-electron chi connectivity index (χ0n) is 16.6. The molecule has 3 heterocycles. The zero-order chi connectivity index (χ0) is 20.0. The van der Waals surface area contributed by atoms with Crippen LogP contribution in [0.15, 0.2) is 36.7 Å². The standard InChI is InChI=1S/C23H25N3O3/c1-25-21-6-4-16(10-17(21)5-7-22(25)27)18-11-20(13-24-12-18)29-14-19-8-9-26(19)23(28)15-2-3-15/h4,6,10-13,15,19H,2-3,5,7-9,14H2,1H3/t19-/m0/s1. The van der Waals surface area contributed by atoms with Gasteiger partial charge in [-0.25, -0.2) is 0 Å². The summed E-state index contributed by atoms with van der Waals surface area (Å²) in [5, 5.41) is 0. The predicted molar refractivity (Wildman–Crippen MR) is 110 cm³/mol. The average Bonchev–Trinajstić information content (AvgIpc) is 3.55. The molecule has 6 heteroatoms. The lowest BCUT2D eigenvalue weighted by molar-refractivity contribution is -0.141. The number of benzene rings is 1. The zero-order valence-corrected chi connectivity index (χ0v) is 16.6. The van der Waals surface area contributed by atoms with Crippen molar-refractivity contribution in [2.75, 3.05) is 25.1 Å². The second kappa shape index (κ2) is 7.17. The average molecular weight is 391 g/mol. The number of aryl methyl sites for hydroxylation is 1. The van der Waals surface area contributed by atoms with Gasteiger partial charge in [0.25, 0.3) is 0 Å². The van der Waals surface area contributed by atoms with E-state index in [0.29, 0.717) is 18.9 Å². The molecule has 6 nitrogen and oxygen atoms in total. The van der Waals surface area contributed by atoms with Gasteiger partial charge in [0.1, 0.15) is 12.4 Å². The minimum Gasteiger partial charge on any atom is -0.490 e. The van der Waals surface area contributed by atoms with Crippen molar-refractivity contribution in [3.63, 3.8) is 0 Å². The normalized spacial score (nSPS) is 20.9. The number of nitrogens with zero attached hydrogens (tertiary/aromatic N) is 3. The number of hydrogen-bond acceptors (Lipinski definition) is 4. The molecule has 150 valence electrons. The molecule has 3 aliphatic rings. The number of aromatic nitrogens is 1. The summed E-state index contributed by atoms with van der Waals surface area (Å²) < 4.78 is 5.99. The molecular weight excluding hydrogens is 366 g/mol. The van der Waals surface area contributed by atoms with Crippen molar-refractivity contribution < 1.29 is 14.3 Å². The van der Waals surface area contributed by atoms with Gasteiger partial charge in [0.15, 0.2) is 0 Å². The smallest absolute Gasteiger partial charge is 0.227 e. The third-order valence-electron chi connectivity index (χ3n) is 6.27. The van der Waals surface area contributed by atoms with E-state index < -0.39 is 0 Å². The summed E-state index contributed by atoms with van der Waals surface area (Å²) in [6, 6.07) is 8.35. The molecule has 1 saturated carbocycles. The third kappa shape index (κ3) is 3.48. The van der Waals surface area contributed by atoms with Gasteiger partial charge in [-0.1, -0.05) is 6.07 Å². The van der Waals surface area contributed by atoms with E-state index in [9.17, 15) is 9.59 Å². The van der Waals surface area contributed by atoms with Gasteiger partial charge >= 0.3 is 0 Å². The van der Waals surface area contributed by atoms with Gasteiger partial charge in [0, 0.05) is 43.4 Å². The third-order valence-corrected chi connectivity index (χ3v) is 6.27. The Morgan fingerprint density at radius 3 is 2.76 bits per heavy atom. The first-order valence-electron chi connectivity index (χ1n) is 10.4. The number of rotatable bonds is 5. The van der Waals surface area contributed by atoms with Crippen LogP contribution in [-0.2, 0) is 16.0 Å². The van der Waals surface area contributed by atoms with Gasteiger partial charge in [0.05, 0.1) is 12.2 Å². The molecule has 2 amide bonds. The number of carbonyl (C=O) groups excluding carboxylic acids is 2. The molecule has 0 bridgehead atoms. The minimum absolute atomic E-state index is 0.160. The highest BCUT2D eigenvalue weighted by atomic mass is 16.5. The predicted octanol–water partition coefficient (Wildman–Crippen LogP) is 3.05. The summed E-state index contributed by atoms with van der Waals surface area (Å²) in [6.45, 7) is 1.37. The van der Waals surface area contributed by atoms with Gasteiger partial charge < -0.3 is 14.5 Å². The molecule has 0 spiro atoms. The second-order valence-corrected chi connectivity index (χ2v) is 8.26. The molecule has 0 unspecified atom stereocenters. The lowest BCUT2D eigenvalue weighted by atomic mass is 9.97. The summed E-state index contributed by atoms with van der Waals surface area (Å²) in [4.78, 5) is 32.2. The lowest BCUT2D eigenvalue weighted by Crippen LogP contribution is -2.54. The fraction of sp³-hybridized carbons (Fsp3) is 0.435. The number of anilines is 1. The van der Waals surface area contributed by atoms with Gasteiger partial charge in [0.2, 0.25) is 11.8 Å². The lowest BCUT2D eigenvalue weighted by Gasteiger charge is -2.40. The molecule has 0 radical (unpaired) electrons. The second-order valence-electron chi connectivity index (χ2n) is 8.26. The van der Waals surface area contributed by atoms with Crippen LogP contribution in [0.5, 0.6) is 5.75 Å². The van der Waals surface area contributed by atoms with Gasteiger partial charge in [-0.05, 0) is 55.0 Å². The molecule has 1 aromatic heterocycles. The fourth-order valence-electron chi connectivity index (χ4n) is 4.15. The van der Waals surface area contributed by atoms with E-state index in [2.05, 4.69) is 11.1 Å². The molecule has 2 aromatic rings. The highest BCUT2D eigenvalue weighted by Crippen LogP contribution is 2.35. The van der Waals surface area contributed by atoms with E-state index in [1.54, 1.807) is 11.1 Å². The summed E-state index contributed by atoms with van der Waals surface area (Å²) in [5.41, 5.74) is 4.22. The first kappa shape index (κ1) is 18.2. The summed E-state index contributed by atoms with van der Waals surface area (Å²) in [5.74, 6) is 1.45. The molecule has 1 atom stereocenters. The van der Waals surface area contributed by atoms with Crippen LogP contribution < -0.4 is 9.64 Å². The molecule has 0 N–H and O–H groups in total. The van der Waals surface area contributed by atoms with Crippen LogP contribution in [0, 0.1) is 5.92 Å². The molecule has 1 saturated heterocycles. The maximum Gasteiger partial charge on any atom is 0.227 e. The molecular formula is C23H25N3O3. The van der Waals surface area contributed by atoms with Crippen molar-refractivity contribution in [1.29, 1.82) is 0 Å². The van der Waals surface area contributed by atoms with Gasteiger partial charge in [-0.2, -0.15) is 0 Å². The Labute approximate surface area is 170 Å². The molecule has 29 heavy (non-hydrogen) atoms. The molecule has 1 aliphatic carbocycles. The number of ether oxygens (including phenoxy) is 1. The Bertz CT molecular complexity index is 970. The fourth-order valence-corrected chi connectivity index (χ4v) is 4.15. The van der Waals surface area contributed by atoms with Gasteiger partial charge in [-0.15, -0.1) is 0 Å². The Morgan fingerprint density at radius 2 is 2.00 bits per heavy atom. The van der Waals surface area contributed by atoms with E-state index >= 15 is 0 Å². The maximum atomic E-state index is 12.2. The number of carbonyl (C=O) groups is 2. The summed E-state index contributed by atoms with van der Waals surface area (Å²) >= 11 is 0. The number of hydrogen-bond donors (Lipinski definition) is 0. The number of amides is 2. The quantitative estimate of drug-likeness (QED) is 0.786. The van der Waals surface area contributed by atoms with Crippen LogP contribution in [0.25, 0.3) is 11.1 Å². The maximum absolute atomic E-state index is 12.2. The van der Waals surface area contributed by atoms with E-state index in [1.807, 2.05) is 36.3 Å². The van der Waals surface area contributed by atoms with Crippen LogP contribution in [0.3, 0.4) is 0 Å². The highest BCUT2D eigenvalue weighted by Gasteiger charge is 2.40. The molecule has 2 aliphatic heterocycles. The van der Waals surface area contributed by atoms with E-state index in [0.717, 1.165) is 54.8 Å². The van der Waals surface area contributed by atoms with Crippen LogP contribution in [0.1, 0.15) is 31.2 Å². The van der Waals surface area contributed by atoms with Crippen molar-refractivity contribution in [2.24, 2.45) is 5.92 Å². The van der Waals surface area contributed by atoms with Crippen molar-refractivity contribution in [1.82, 2.24) is 9.88 Å². The SMILES string of the molecule is CN1C(=O)CCc2cc(-c3cncc(OC[C@@H]4CCN4C(=O)C4CC4)c3)ccc21. The van der Waals surface area contributed by atoms with Crippen molar-refractivity contribution >= 4 is 17.5 Å². The summed E-state index contributed by atoms with van der Waals surface area (Å²) in [7, 11) is 1.83. The molecule has 2 fully saturated rings. The first-order valence-corrected chi connectivity index (χ1v) is 10.4. The Hall–Kier alpha value is -2.89.